The largest absolute Gasteiger partial charge is 0.465 e. The summed E-state index contributed by atoms with van der Waals surface area (Å²) >= 11 is 1.88. The zero-order valence-electron chi connectivity index (χ0n) is 10.0. The van der Waals surface area contributed by atoms with Gasteiger partial charge in [-0.15, -0.1) is 11.8 Å². The van der Waals surface area contributed by atoms with Crippen molar-refractivity contribution in [1.82, 2.24) is 5.32 Å². The van der Waals surface area contributed by atoms with Gasteiger partial charge in [0.1, 0.15) is 5.37 Å². The predicted molar refractivity (Wildman–Crippen MR) is 67.8 cm³/mol. The molecule has 1 saturated heterocycles. The van der Waals surface area contributed by atoms with Crippen molar-refractivity contribution in [2.75, 3.05) is 6.61 Å². The molecule has 1 aliphatic carbocycles. The summed E-state index contributed by atoms with van der Waals surface area (Å²) in [4.78, 5) is 16.7. The van der Waals surface area contributed by atoms with Crippen molar-refractivity contribution in [3.8, 4) is 0 Å². The number of fused-ring (bicyclic) bond motifs is 3. The first-order valence-electron chi connectivity index (χ1n) is 6.46. The fourth-order valence-corrected chi connectivity index (χ4v) is 4.98. The van der Waals surface area contributed by atoms with E-state index in [0.717, 1.165) is 0 Å². The van der Waals surface area contributed by atoms with E-state index in [1.54, 1.807) is 0 Å². The molecular formula is C12H18N2O2S. The third-order valence-electron chi connectivity index (χ3n) is 3.89. The second-order valence-electron chi connectivity index (χ2n) is 4.90. The van der Waals surface area contributed by atoms with Crippen LogP contribution in [-0.4, -0.2) is 29.2 Å². The minimum atomic E-state index is 0.0782. The summed E-state index contributed by atoms with van der Waals surface area (Å²) in [5.74, 6) is 0.732. The normalized spacial score (nSPS) is 40.1. The number of hydrogen-bond donors (Lipinski definition) is 1. The average Bonchev–Trinajstić information content (AvgIpc) is 2.67. The molecule has 0 aromatic rings. The summed E-state index contributed by atoms with van der Waals surface area (Å²) in [6, 6.07) is 0.421. The number of amidine groups is 1. The smallest absolute Gasteiger partial charge is 0.292 e. The highest BCUT2D eigenvalue weighted by atomic mass is 32.2. The third kappa shape index (κ3) is 1.94. The first kappa shape index (κ1) is 11.4. The van der Waals surface area contributed by atoms with E-state index in [2.05, 4.69) is 10.3 Å². The number of nitrogens with one attached hydrogen (secondary N) is 1. The van der Waals surface area contributed by atoms with Gasteiger partial charge in [0.15, 0.2) is 0 Å². The summed E-state index contributed by atoms with van der Waals surface area (Å²) in [5.41, 5.74) is 0. The molecule has 0 aromatic carbocycles. The van der Waals surface area contributed by atoms with Crippen LogP contribution in [0.1, 0.15) is 32.6 Å². The van der Waals surface area contributed by atoms with Crippen molar-refractivity contribution < 1.29 is 9.53 Å². The predicted octanol–water partition coefficient (Wildman–Crippen LogP) is 1.76. The number of rotatable bonds is 1. The molecule has 0 unspecified atom stereocenters. The lowest BCUT2D eigenvalue weighted by molar-refractivity contribution is -0.126. The Morgan fingerprint density at radius 2 is 2.29 bits per heavy atom. The Morgan fingerprint density at radius 3 is 3.12 bits per heavy atom. The van der Waals surface area contributed by atoms with Crippen LogP contribution in [0.3, 0.4) is 0 Å². The molecule has 5 heteroatoms. The second-order valence-corrected chi connectivity index (χ2v) is 6.26. The van der Waals surface area contributed by atoms with Crippen LogP contribution < -0.4 is 5.32 Å². The van der Waals surface area contributed by atoms with Crippen molar-refractivity contribution in [2.24, 2.45) is 16.8 Å². The van der Waals surface area contributed by atoms with Gasteiger partial charge in [-0.1, -0.05) is 12.8 Å². The molecular weight excluding hydrogens is 236 g/mol. The third-order valence-corrected chi connectivity index (χ3v) is 5.51. The van der Waals surface area contributed by atoms with Crippen LogP contribution in [-0.2, 0) is 9.53 Å². The molecule has 0 aromatic heterocycles. The van der Waals surface area contributed by atoms with Crippen LogP contribution in [0.5, 0.6) is 0 Å². The van der Waals surface area contributed by atoms with Gasteiger partial charge < -0.3 is 4.74 Å². The minimum absolute atomic E-state index is 0.0782. The number of carbonyl (C=O) groups is 1. The molecule has 2 aliphatic heterocycles. The number of ether oxygens (including phenoxy) is 1. The Kier molecular flexibility index (Phi) is 3.03. The standard InChI is InChI=1S/C12H18N2O2S/c1-2-16-12-13-10(15)9-7-5-3-4-6-8(7)17-11(9)14-12/h7-9,11H,2-6H2,1H3,(H,13,14,15)/t7-,8+,9-,11+/m1/s1. The number of aliphatic imine (C=N–C) groups is 1. The maximum atomic E-state index is 12.1. The number of carbonyl (C=O) groups excluding carboxylic acids is 1. The number of nitrogens with zero attached hydrogens (tertiary/aromatic N) is 1. The Morgan fingerprint density at radius 1 is 1.47 bits per heavy atom. The summed E-state index contributed by atoms with van der Waals surface area (Å²) in [6.45, 7) is 2.45. The highest BCUT2D eigenvalue weighted by molar-refractivity contribution is 8.00. The molecule has 1 N–H and O–H groups in total. The van der Waals surface area contributed by atoms with E-state index < -0.39 is 0 Å². The molecule has 3 rings (SSSR count). The van der Waals surface area contributed by atoms with Crippen LogP contribution in [0.4, 0.5) is 0 Å². The molecule has 0 bridgehead atoms. The lowest BCUT2D eigenvalue weighted by atomic mass is 9.79. The number of amides is 1. The van der Waals surface area contributed by atoms with E-state index in [4.69, 9.17) is 4.74 Å². The molecule has 3 aliphatic rings. The Bertz CT molecular complexity index is 358. The van der Waals surface area contributed by atoms with E-state index in [1.165, 1.54) is 25.7 Å². The van der Waals surface area contributed by atoms with Gasteiger partial charge in [-0.2, -0.15) is 0 Å². The monoisotopic (exact) mass is 254 g/mol. The summed E-state index contributed by atoms with van der Waals surface area (Å²) in [5, 5.41) is 3.53. The fourth-order valence-electron chi connectivity index (χ4n) is 3.16. The summed E-state index contributed by atoms with van der Waals surface area (Å²) in [6.07, 6.45) is 5.00. The van der Waals surface area contributed by atoms with Gasteiger partial charge in [0.25, 0.3) is 6.02 Å². The molecule has 1 amide bonds. The lowest BCUT2D eigenvalue weighted by Crippen LogP contribution is -2.47. The van der Waals surface area contributed by atoms with Crippen molar-refractivity contribution >= 4 is 23.7 Å². The molecule has 0 spiro atoms. The topological polar surface area (TPSA) is 50.7 Å². The van der Waals surface area contributed by atoms with E-state index in [1.807, 2.05) is 18.7 Å². The van der Waals surface area contributed by atoms with Gasteiger partial charge in [-0.3, -0.25) is 10.1 Å². The molecule has 2 heterocycles. The maximum Gasteiger partial charge on any atom is 0.292 e. The van der Waals surface area contributed by atoms with Gasteiger partial charge in [0.05, 0.1) is 12.5 Å². The van der Waals surface area contributed by atoms with Gasteiger partial charge in [0, 0.05) is 5.25 Å². The Hall–Kier alpha value is -0.710. The Balaban J connectivity index is 1.82. The van der Waals surface area contributed by atoms with E-state index in [-0.39, 0.29) is 17.2 Å². The number of hydrogen-bond acceptors (Lipinski definition) is 4. The van der Waals surface area contributed by atoms with Crippen LogP contribution in [0.15, 0.2) is 4.99 Å². The first-order chi connectivity index (χ1) is 8.29. The highest BCUT2D eigenvalue weighted by Gasteiger charge is 2.50. The molecule has 17 heavy (non-hydrogen) atoms. The fraction of sp³-hybridized carbons (Fsp3) is 0.833. The number of thioether (sulfide) groups is 1. The Labute approximate surface area is 106 Å². The zero-order valence-corrected chi connectivity index (χ0v) is 10.8. The highest BCUT2D eigenvalue weighted by Crippen LogP contribution is 2.51. The summed E-state index contributed by atoms with van der Waals surface area (Å²) < 4.78 is 5.32. The maximum absolute atomic E-state index is 12.1. The summed E-state index contributed by atoms with van der Waals surface area (Å²) in [7, 11) is 0. The molecule has 2 fully saturated rings. The van der Waals surface area contributed by atoms with Crippen molar-refractivity contribution in [2.45, 2.75) is 43.2 Å². The molecule has 1 saturated carbocycles. The van der Waals surface area contributed by atoms with Crippen molar-refractivity contribution in [3.63, 3.8) is 0 Å². The second kappa shape index (κ2) is 4.52. The minimum Gasteiger partial charge on any atom is -0.465 e. The van der Waals surface area contributed by atoms with Crippen molar-refractivity contribution in [1.29, 1.82) is 0 Å². The molecule has 0 radical (unpaired) electrons. The lowest BCUT2D eigenvalue weighted by Gasteiger charge is -2.29. The van der Waals surface area contributed by atoms with E-state index >= 15 is 0 Å². The van der Waals surface area contributed by atoms with Crippen molar-refractivity contribution in [3.05, 3.63) is 0 Å². The zero-order chi connectivity index (χ0) is 11.8. The van der Waals surface area contributed by atoms with Crippen LogP contribution in [0.2, 0.25) is 0 Å². The molecule has 4 atom stereocenters. The van der Waals surface area contributed by atoms with Crippen LogP contribution >= 0.6 is 11.8 Å². The van der Waals surface area contributed by atoms with E-state index in [9.17, 15) is 4.79 Å². The molecule has 4 nitrogen and oxygen atoms in total. The van der Waals surface area contributed by atoms with Crippen LogP contribution in [0, 0.1) is 11.8 Å². The van der Waals surface area contributed by atoms with Gasteiger partial charge >= 0.3 is 0 Å². The van der Waals surface area contributed by atoms with Gasteiger partial charge in [-0.25, -0.2) is 4.99 Å². The molecule has 94 valence electrons. The van der Waals surface area contributed by atoms with E-state index in [0.29, 0.717) is 23.8 Å². The quantitative estimate of drug-likeness (QED) is 0.775. The first-order valence-corrected chi connectivity index (χ1v) is 7.41. The van der Waals surface area contributed by atoms with Gasteiger partial charge in [0.2, 0.25) is 5.91 Å². The average molecular weight is 254 g/mol. The van der Waals surface area contributed by atoms with Gasteiger partial charge in [-0.05, 0) is 25.7 Å². The SMILES string of the molecule is CCOC1=N[C@H]2S[C@H]3CCCC[C@H]3[C@@H]2C(=O)N1. The van der Waals surface area contributed by atoms with Crippen LogP contribution in [0.25, 0.3) is 0 Å².